The lowest BCUT2D eigenvalue weighted by molar-refractivity contribution is 0.0514. The highest BCUT2D eigenvalue weighted by Crippen LogP contribution is 2.11. The first-order valence-corrected chi connectivity index (χ1v) is 9.60. The smallest absolute Gasteiger partial charge is 0.360 e. The second kappa shape index (κ2) is 10.8. The van der Waals surface area contributed by atoms with Crippen LogP contribution in [0.25, 0.3) is 0 Å². The Bertz CT molecular complexity index is 655. The van der Waals surface area contributed by atoms with E-state index in [9.17, 15) is 9.59 Å². The highest BCUT2D eigenvalue weighted by atomic mass is 32.2. The van der Waals surface area contributed by atoms with Crippen LogP contribution >= 0.6 is 23.5 Å². The molecule has 1 N–H and O–H groups in total. The predicted molar refractivity (Wildman–Crippen MR) is 90.4 cm³/mol. The van der Waals surface area contributed by atoms with Crippen LogP contribution in [0.2, 0.25) is 0 Å². The summed E-state index contributed by atoms with van der Waals surface area (Å²) in [4.78, 5) is 21.4. The second-order valence-electron chi connectivity index (χ2n) is 4.25. The van der Waals surface area contributed by atoms with Gasteiger partial charge in [-0.3, -0.25) is 0 Å². The van der Waals surface area contributed by atoms with Gasteiger partial charge in [-0.15, -0.1) is 0 Å². The third kappa shape index (κ3) is 6.67. The highest BCUT2D eigenvalue weighted by molar-refractivity contribution is 7.98. The SMILES string of the molecule is CCOC(=O)c1cc(CSC)on1.CSCc1cc(C(=O)O)no1. The Morgan fingerprint density at radius 3 is 2.00 bits per heavy atom. The summed E-state index contributed by atoms with van der Waals surface area (Å²) in [6, 6.07) is 3.04. The van der Waals surface area contributed by atoms with Gasteiger partial charge >= 0.3 is 11.9 Å². The first-order chi connectivity index (χ1) is 11.5. The van der Waals surface area contributed by atoms with E-state index in [1.807, 2.05) is 12.5 Å². The summed E-state index contributed by atoms with van der Waals surface area (Å²) in [5, 5.41) is 15.4. The Morgan fingerprint density at radius 1 is 1.08 bits per heavy atom. The van der Waals surface area contributed by atoms with Crippen molar-refractivity contribution in [1.82, 2.24) is 10.3 Å². The molecule has 0 fully saturated rings. The largest absolute Gasteiger partial charge is 0.476 e. The zero-order valence-electron chi connectivity index (χ0n) is 13.5. The van der Waals surface area contributed by atoms with Crippen molar-refractivity contribution in [2.75, 3.05) is 19.1 Å². The van der Waals surface area contributed by atoms with Crippen LogP contribution in [0.4, 0.5) is 0 Å². The van der Waals surface area contributed by atoms with Gasteiger partial charge in [0.15, 0.2) is 11.4 Å². The lowest BCUT2D eigenvalue weighted by Gasteiger charge is -1.94. The summed E-state index contributed by atoms with van der Waals surface area (Å²) >= 11 is 3.16. The van der Waals surface area contributed by atoms with Gasteiger partial charge in [-0.1, -0.05) is 10.3 Å². The summed E-state index contributed by atoms with van der Waals surface area (Å²) in [5.41, 5.74) is 0.208. The molecule has 2 heterocycles. The molecule has 0 aliphatic heterocycles. The fourth-order valence-corrected chi connectivity index (χ4v) is 2.29. The average molecular weight is 374 g/mol. The van der Waals surface area contributed by atoms with E-state index >= 15 is 0 Å². The van der Waals surface area contributed by atoms with Gasteiger partial charge in [0, 0.05) is 12.1 Å². The molecule has 0 atom stereocenters. The maximum atomic E-state index is 11.1. The van der Waals surface area contributed by atoms with Crippen molar-refractivity contribution in [1.29, 1.82) is 0 Å². The van der Waals surface area contributed by atoms with E-state index in [4.69, 9.17) is 18.9 Å². The summed E-state index contributed by atoms with van der Waals surface area (Å²) < 4.78 is 14.4. The Kier molecular flexibility index (Phi) is 9.02. The van der Waals surface area contributed by atoms with Gasteiger partial charge in [-0.05, 0) is 19.4 Å². The fraction of sp³-hybridized carbons (Fsp3) is 0.429. The number of aromatic carboxylic acids is 1. The van der Waals surface area contributed by atoms with Crippen LogP contribution in [0.5, 0.6) is 0 Å². The zero-order valence-corrected chi connectivity index (χ0v) is 15.1. The summed E-state index contributed by atoms with van der Waals surface area (Å²) in [5.74, 6) is 1.16. The molecular formula is C14H18N2O6S2. The number of hydrogen-bond donors (Lipinski definition) is 1. The van der Waals surface area contributed by atoms with Gasteiger partial charge in [0.25, 0.3) is 0 Å². The average Bonchev–Trinajstić information content (AvgIpc) is 3.18. The van der Waals surface area contributed by atoms with Crippen LogP contribution < -0.4 is 0 Å². The number of carboxylic acids is 1. The van der Waals surface area contributed by atoms with Crippen molar-refractivity contribution in [3.8, 4) is 0 Å². The summed E-state index contributed by atoms with van der Waals surface area (Å²) in [6.07, 6.45) is 3.86. The Labute approximate surface area is 147 Å². The number of carboxylic acid groups (broad SMARTS) is 1. The number of hydrogen-bond acceptors (Lipinski definition) is 9. The third-order valence-corrected chi connectivity index (χ3v) is 3.54. The van der Waals surface area contributed by atoms with Crippen LogP contribution in [0.15, 0.2) is 21.2 Å². The number of aromatic nitrogens is 2. The van der Waals surface area contributed by atoms with Gasteiger partial charge in [0.2, 0.25) is 0 Å². The maximum absolute atomic E-state index is 11.1. The normalized spacial score (nSPS) is 9.96. The molecule has 0 bridgehead atoms. The fourth-order valence-electron chi connectivity index (χ4n) is 1.45. The minimum absolute atomic E-state index is 0.0333. The van der Waals surface area contributed by atoms with E-state index in [0.717, 1.165) is 0 Å². The van der Waals surface area contributed by atoms with Gasteiger partial charge in [-0.25, -0.2) is 9.59 Å². The predicted octanol–water partition coefficient (Wildman–Crippen LogP) is 2.95. The molecule has 0 aliphatic carbocycles. The molecule has 0 aromatic carbocycles. The molecule has 0 amide bonds. The molecule has 24 heavy (non-hydrogen) atoms. The molecule has 0 saturated heterocycles. The van der Waals surface area contributed by atoms with Gasteiger partial charge in [0.05, 0.1) is 18.1 Å². The van der Waals surface area contributed by atoms with Crippen molar-refractivity contribution >= 4 is 35.5 Å². The molecule has 2 rings (SSSR count). The molecule has 0 radical (unpaired) electrons. The van der Waals surface area contributed by atoms with Gasteiger partial charge in [-0.2, -0.15) is 23.5 Å². The van der Waals surface area contributed by atoms with Crippen LogP contribution in [-0.4, -0.2) is 46.5 Å². The lowest BCUT2D eigenvalue weighted by Crippen LogP contribution is -2.04. The van der Waals surface area contributed by atoms with Crippen LogP contribution in [0.3, 0.4) is 0 Å². The number of rotatable bonds is 7. The molecule has 0 spiro atoms. The number of nitrogens with zero attached hydrogens (tertiary/aromatic N) is 2. The maximum Gasteiger partial charge on any atom is 0.360 e. The second-order valence-corrected chi connectivity index (χ2v) is 5.98. The molecular weight excluding hydrogens is 356 g/mol. The van der Waals surface area contributed by atoms with E-state index in [0.29, 0.717) is 29.6 Å². The Hall–Kier alpha value is -1.94. The van der Waals surface area contributed by atoms with E-state index in [-0.39, 0.29) is 11.4 Å². The van der Waals surface area contributed by atoms with Crippen molar-refractivity contribution < 1.29 is 28.5 Å². The van der Waals surface area contributed by atoms with Crippen LogP contribution in [0, 0.1) is 0 Å². The minimum atomic E-state index is -1.05. The van der Waals surface area contributed by atoms with Crippen molar-refractivity contribution in [2.24, 2.45) is 0 Å². The van der Waals surface area contributed by atoms with Crippen molar-refractivity contribution in [3.63, 3.8) is 0 Å². The molecule has 2 aromatic heterocycles. The summed E-state index contributed by atoms with van der Waals surface area (Å²) in [7, 11) is 0. The molecule has 2 aromatic rings. The highest BCUT2D eigenvalue weighted by Gasteiger charge is 2.12. The standard InChI is InChI=1S/C8H11NO3S.C6H7NO3S/c1-3-11-8(10)7-4-6(5-13-2)12-9-7;1-11-3-4-2-5(6(8)9)7-10-4/h4H,3,5H2,1-2H3;2H,3H2,1H3,(H,8,9). The Balaban J connectivity index is 0.000000243. The summed E-state index contributed by atoms with van der Waals surface area (Å²) in [6.45, 7) is 2.10. The van der Waals surface area contributed by atoms with E-state index < -0.39 is 11.9 Å². The third-order valence-electron chi connectivity index (χ3n) is 2.39. The zero-order chi connectivity index (χ0) is 17.9. The minimum Gasteiger partial charge on any atom is -0.476 e. The lowest BCUT2D eigenvalue weighted by atomic mass is 10.4. The van der Waals surface area contributed by atoms with E-state index in [1.54, 1.807) is 36.5 Å². The molecule has 132 valence electrons. The topological polar surface area (TPSA) is 116 Å². The van der Waals surface area contributed by atoms with Crippen molar-refractivity contribution in [2.45, 2.75) is 18.4 Å². The molecule has 10 heteroatoms. The molecule has 0 saturated carbocycles. The van der Waals surface area contributed by atoms with Gasteiger partial charge in [0.1, 0.15) is 11.5 Å². The number of ether oxygens (including phenoxy) is 1. The van der Waals surface area contributed by atoms with E-state index in [1.165, 1.54) is 6.07 Å². The molecule has 0 aliphatic rings. The number of thioether (sulfide) groups is 2. The first kappa shape index (κ1) is 20.1. The first-order valence-electron chi connectivity index (χ1n) is 6.81. The number of esters is 1. The molecule has 8 nitrogen and oxygen atoms in total. The monoisotopic (exact) mass is 374 g/mol. The van der Waals surface area contributed by atoms with E-state index in [2.05, 4.69) is 10.3 Å². The van der Waals surface area contributed by atoms with Crippen LogP contribution in [0.1, 0.15) is 39.4 Å². The quantitative estimate of drug-likeness (QED) is 0.725. The molecule has 0 unspecified atom stereocenters. The Morgan fingerprint density at radius 2 is 1.58 bits per heavy atom. The number of carbonyl (C=O) groups is 2. The van der Waals surface area contributed by atoms with Gasteiger partial charge < -0.3 is 18.9 Å². The number of carbonyl (C=O) groups excluding carboxylic acids is 1. The van der Waals surface area contributed by atoms with Crippen LogP contribution in [-0.2, 0) is 16.2 Å². The van der Waals surface area contributed by atoms with Crippen molar-refractivity contribution in [3.05, 3.63) is 35.0 Å².